The van der Waals surface area contributed by atoms with E-state index in [1.54, 1.807) is 13.0 Å². The highest BCUT2D eigenvalue weighted by Gasteiger charge is 2.68. The molecule has 1 amide bonds. The number of hydrogen-bond donors (Lipinski definition) is 7. The van der Waals surface area contributed by atoms with Crippen molar-refractivity contribution in [3.8, 4) is 17.0 Å². The van der Waals surface area contributed by atoms with Crippen molar-refractivity contribution in [2.24, 2.45) is 17.6 Å². The van der Waals surface area contributed by atoms with E-state index in [0.717, 1.165) is 24.3 Å². The Morgan fingerprint density at radius 1 is 1.06 bits per heavy atom. The monoisotopic (exact) mass is 673 g/mol. The van der Waals surface area contributed by atoms with Gasteiger partial charge in [0.05, 0.1) is 29.3 Å². The number of benzene rings is 2. The Morgan fingerprint density at radius 3 is 2.31 bits per heavy atom. The van der Waals surface area contributed by atoms with Crippen molar-refractivity contribution in [3.63, 3.8) is 0 Å². The van der Waals surface area contributed by atoms with Gasteiger partial charge in [-0.2, -0.15) is 4.98 Å². The topological polar surface area (TPSA) is 223 Å². The Balaban J connectivity index is 1.39. The van der Waals surface area contributed by atoms with Crippen LogP contribution in [0.3, 0.4) is 0 Å². The van der Waals surface area contributed by atoms with Crippen LogP contribution in [0.4, 0.5) is 17.4 Å². The Labute approximate surface area is 281 Å². The molecule has 14 heteroatoms. The zero-order valence-corrected chi connectivity index (χ0v) is 27.6. The molecular formula is C35H39N5O9. The summed E-state index contributed by atoms with van der Waals surface area (Å²) in [5, 5.41) is 60.7. The van der Waals surface area contributed by atoms with E-state index in [1.807, 2.05) is 24.3 Å². The molecule has 6 atom stereocenters. The summed E-state index contributed by atoms with van der Waals surface area (Å²) >= 11 is 0. The first-order chi connectivity index (χ1) is 23.2. The highest BCUT2D eigenvalue weighted by molar-refractivity contribution is 6.24. The maximum atomic E-state index is 14.2. The minimum atomic E-state index is -2.99. The summed E-state index contributed by atoms with van der Waals surface area (Å²) in [6.07, 6.45) is -0.228. The highest BCUT2D eigenvalue weighted by Crippen LogP contribution is 2.56. The molecule has 0 spiro atoms. The molecule has 0 saturated heterocycles. The summed E-state index contributed by atoms with van der Waals surface area (Å²) < 4.78 is 5.62. The van der Waals surface area contributed by atoms with E-state index in [2.05, 4.69) is 29.0 Å². The van der Waals surface area contributed by atoms with Crippen LogP contribution in [0.15, 0.2) is 64.0 Å². The largest absolute Gasteiger partial charge is 0.508 e. The molecule has 3 aliphatic rings. The van der Waals surface area contributed by atoms with E-state index in [1.165, 1.54) is 31.3 Å². The fourth-order valence-electron chi connectivity index (χ4n) is 7.73. The summed E-state index contributed by atoms with van der Waals surface area (Å²) in [5.41, 5.74) is 3.62. The number of carbonyl (C=O) groups is 3. The number of hydrogen-bond acceptors (Lipinski definition) is 13. The molecule has 1 aromatic heterocycles. The third kappa shape index (κ3) is 4.89. The summed E-state index contributed by atoms with van der Waals surface area (Å²) in [6, 6.07) is 9.55. The van der Waals surface area contributed by atoms with Crippen LogP contribution in [0.2, 0.25) is 0 Å². The van der Waals surface area contributed by atoms with Crippen molar-refractivity contribution in [2.45, 2.75) is 44.4 Å². The number of nitrogens with one attached hydrogen (secondary N) is 1. The lowest BCUT2D eigenvalue weighted by molar-refractivity contribution is -0.169. The third-order valence-electron chi connectivity index (χ3n) is 10.2. The Bertz CT molecular complexity index is 1930. The van der Waals surface area contributed by atoms with Gasteiger partial charge in [-0.1, -0.05) is 25.1 Å². The van der Waals surface area contributed by atoms with E-state index < -0.39 is 81.4 Å². The van der Waals surface area contributed by atoms with E-state index in [4.69, 9.17) is 10.2 Å². The molecule has 0 bridgehead atoms. The normalized spacial score (nSPS) is 26.4. The van der Waals surface area contributed by atoms with Crippen LogP contribution in [0.5, 0.6) is 5.75 Å². The number of aliphatic hydroxyl groups excluding tert-OH is 3. The third-order valence-corrected chi connectivity index (χ3v) is 10.2. The molecule has 14 nitrogen and oxygen atoms in total. The van der Waals surface area contributed by atoms with Gasteiger partial charge in [-0.25, -0.2) is 0 Å². The fourth-order valence-corrected chi connectivity index (χ4v) is 7.73. The number of likely N-dealkylation sites (N-methyl/N-ethyl adjacent to an activating group) is 1. The van der Waals surface area contributed by atoms with E-state index in [9.17, 15) is 39.9 Å². The number of amides is 1. The molecule has 8 N–H and O–H groups in total. The van der Waals surface area contributed by atoms with Gasteiger partial charge in [-0.15, -0.1) is 0 Å². The van der Waals surface area contributed by atoms with Crippen LogP contribution in [0.25, 0.3) is 17.0 Å². The van der Waals surface area contributed by atoms with Crippen molar-refractivity contribution >= 4 is 40.6 Å². The number of aromatic hydroxyl groups is 1. The second-order valence-corrected chi connectivity index (χ2v) is 12.9. The van der Waals surface area contributed by atoms with E-state index >= 15 is 0 Å². The first-order valence-corrected chi connectivity index (χ1v) is 15.9. The smallest absolute Gasteiger partial charge is 0.299 e. The number of aliphatic hydroxyl groups is 4. The van der Waals surface area contributed by atoms with Gasteiger partial charge in [-0.3, -0.25) is 19.3 Å². The summed E-state index contributed by atoms with van der Waals surface area (Å²) in [6.45, 7) is 7.56. The Hall–Kier alpha value is -5.18. The van der Waals surface area contributed by atoms with E-state index in [-0.39, 0.29) is 17.3 Å². The lowest BCUT2D eigenvalue weighted by Gasteiger charge is -2.53. The molecule has 1 saturated carbocycles. The number of carbonyl (C=O) groups excluding carboxylic acids is 3. The standard InChI is InChI=1S/C35H39N5O9/c1-6-40(7-2)17-10-8-16(9-11-17)20-14-49-34(38-20)37-19-13-12-18-15(3)21-23(28(42)22(18)27(19)41)31(45)35(48)25(29(21)43)26(39(4)5)30(44)24(32(35)46)33(36)47/h8-15,21,25-26,29,41-43,46,48H,6-7H2,1-5H3,(H2,36,47)(H,37,38)/t15-,21+,25+,26-,29-,35-/m0/s1. The molecular weight excluding hydrogens is 634 g/mol. The number of nitrogens with zero attached hydrogens (tertiary/aromatic N) is 3. The van der Waals surface area contributed by atoms with Crippen molar-refractivity contribution < 1.29 is 44.3 Å². The van der Waals surface area contributed by atoms with Crippen molar-refractivity contribution in [3.05, 3.63) is 70.7 Å². The van der Waals surface area contributed by atoms with Crippen molar-refractivity contribution in [1.82, 2.24) is 9.88 Å². The summed E-state index contributed by atoms with van der Waals surface area (Å²) in [4.78, 5) is 47.8. The van der Waals surface area contributed by atoms with Gasteiger partial charge in [0.1, 0.15) is 34.8 Å². The number of phenols is 1. The van der Waals surface area contributed by atoms with Gasteiger partial charge in [0, 0.05) is 35.8 Å². The predicted molar refractivity (Wildman–Crippen MR) is 179 cm³/mol. The number of oxazole rings is 1. The van der Waals surface area contributed by atoms with Crippen LogP contribution in [0, 0.1) is 11.8 Å². The molecule has 0 unspecified atom stereocenters. The highest BCUT2D eigenvalue weighted by atomic mass is 16.4. The van der Waals surface area contributed by atoms with Gasteiger partial charge < -0.3 is 45.9 Å². The van der Waals surface area contributed by atoms with Gasteiger partial charge >= 0.3 is 0 Å². The lowest BCUT2D eigenvalue weighted by Crippen LogP contribution is -2.70. The molecule has 1 fully saturated rings. The van der Waals surface area contributed by atoms with Gasteiger partial charge in [-0.05, 0) is 57.6 Å². The molecule has 258 valence electrons. The number of anilines is 3. The van der Waals surface area contributed by atoms with Crippen LogP contribution in [0.1, 0.15) is 37.8 Å². The zero-order valence-electron chi connectivity index (χ0n) is 27.6. The van der Waals surface area contributed by atoms with Crippen LogP contribution in [-0.2, 0) is 14.4 Å². The maximum Gasteiger partial charge on any atom is 0.299 e. The van der Waals surface area contributed by atoms with Crippen molar-refractivity contribution in [1.29, 1.82) is 0 Å². The average molecular weight is 674 g/mol. The number of rotatable bonds is 8. The number of aromatic nitrogens is 1. The number of primary amides is 1. The summed E-state index contributed by atoms with van der Waals surface area (Å²) in [7, 11) is 2.91. The zero-order chi connectivity index (χ0) is 35.7. The quantitative estimate of drug-likeness (QED) is 0.135. The second kappa shape index (κ2) is 12.1. The number of nitrogens with two attached hydrogens (primary N) is 1. The molecule has 1 heterocycles. The Morgan fingerprint density at radius 2 is 1.71 bits per heavy atom. The van der Waals surface area contributed by atoms with Gasteiger partial charge in [0.25, 0.3) is 11.9 Å². The molecule has 2 aromatic carbocycles. The number of ketones is 2. The molecule has 3 aromatic rings. The number of fused-ring (bicyclic) bond motifs is 3. The van der Waals surface area contributed by atoms with E-state index in [0.29, 0.717) is 11.3 Å². The molecule has 6 rings (SSSR count). The summed E-state index contributed by atoms with van der Waals surface area (Å²) in [5.74, 6) is -9.61. The molecule has 3 aliphatic carbocycles. The molecule has 0 aliphatic heterocycles. The van der Waals surface area contributed by atoms with Crippen molar-refractivity contribution in [2.75, 3.05) is 37.4 Å². The number of Topliss-reactive ketones (excluding diaryl/α,β-unsaturated/α-hetero) is 2. The minimum Gasteiger partial charge on any atom is -0.508 e. The molecule has 49 heavy (non-hydrogen) atoms. The molecule has 0 radical (unpaired) electrons. The van der Waals surface area contributed by atoms with Crippen LogP contribution >= 0.6 is 0 Å². The number of phenolic OH excluding ortho intramolecular Hbond substituents is 1. The first-order valence-electron chi connectivity index (χ1n) is 15.9. The predicted octanol–water partition coefficient (Wildman–Crippen LogP) is 2.74. The average Bonchev–Trinajstić information content (AvgIpc) is 3.53. The maximum absolute atomic E-state index is 14.2. The van der Waals surface area contributed by atoms with Crippen LogP contribution in [-0.4, -0.2) is 97.8 Å². The minimum absolute atomic E-state index is 0.0314. The first kappa shape index (κ1) is 33.7. The Kier molecular flexibility index (Phi) is 8.29. The van der Waals surface area contributed by atoms with Gasteiger partial charge in [0.15, 0.2) is 11.4 Å². The SMILES string of the molecule is CCN(CC)c1ccc(-c2coc(Nc3ccc4c(c3O)C(O)=C3C(=O)[C@]5(O)C(O)=C(C(N)=O)C(=O)[C@@H](N(C)C)[C@@H]5[C@@H](O)[C@@H]3[C@H]4C)n2)cc1. The lowest BCUT2D eigenvalue weighted by atomic mass is 9.54. The van der Waals surface area contributed by atoms with Gasteiger partial charge in [0.2, 0.25) is 5.78 Å². The van der Waals surface area contributed by atoms with Crippen LogP contribution < -0.4 is 16.0 Å². The fraction of sp³-hybridized carbons (Fsp3) is 0.371. The second-order valence-electron chi connectivity index (χ2n) is 12.9.